The van der Waals surface area contributed by atoms with Gasteiger partial charge in [0, 0.05) is 17.8 Å². The van der Waals surface area contributed by atoms with Crippen molar-refractivity contribution < 1.29 is 0 Å². The van der Waals surface area contributed by atoms with Crippen LogP contribution in [0.1, 0.15) is 17.3 Å². The first-order valence-electron chi connectivity index (χ1n) is 6.43. The highest BCUT2D eigenvalue weighted by molar-refractivity contribution is 6.31. The maximum absolute atomic E-state index is 6.19. The molecule has 4 heteroatoms. The Balaban J connectivity index is 1.86. The van der Waals surface area contributed by atoms with Crippen LogP contribution in [0.3, 0.4) is 0 Å². The Hall–Kier alpha value is -1.97. The summed E-state index contributed by atoms with van der Waals surface area (Å²) in [6, 6.07) is 13.7. The topological polar surface area (TPSA) is 51.8 Å². The van der Waals surface area contributed by atoms with Crippen LogP contribution in [0.25, 0.3) is 10.9 Å². The molecule has 0 aliphatic rings. The fraction of sp³-hybridized carbons (Fsp3) is 0.125. The number of nitrogens with two attached hydrogens (primary N) is 1. The molecule has 100 valence electrons. The molecule has 1 unspecified atom stereocenters. The molecule has 0 spiro atoms. The zero-order chi connectivity index (χ0) is 13.9. The Morgan fingerprint density at radius 2 is 2.00 bits per heavy atom. The predicted octanol–water partition coefficient (Wildman–Crippen LogP) is 3.53. The molecule has 0 aliphatic carbocycles. The minimum atomic E-state index is -0.110. The molecule has 20 heavy (non-hydrogen) atoms. The molecule has 0 radical (unpaired) electrons. The fourth-order valence-electron chi connectivity index (χ4n) is 2.22. The van der Waals surface area contributed by atoms with Crippen LogP contribution in [0.15, 0.2) is 54.9 Å². The average Bonchev–Trinajstić information content (AvgIpc) is 2.48. The van der Waals surface area contributed by atoms with Gasteiger partial charge in [-0.15, -0.1) is 0 Å². The summed E-state index contributed by atoms with van der Waals surface area (Å²) < 4.78 is 0. The lowest BCUT2D eigenvalue weighted by atomic mass is 10.0. The molecule has 3 aromatic rings. The molecule has 0 bridgehead atoms. The van der Waals surface area contributed by atoms with E-state index in [1.807, 2.05) is 30.3 Å². The van der Waals surface area contributed by atoms with Gasteiger partial charge >= 0.3 is 0 Å². The van der Waals surface area contributed by atoms with Crippen LogP contribution in [0.2, 0.25) is 5.02 Å². The van der Waals surface area contributed by atoms with E-state index >= 15 is 0 Å². The third kappa shape index (κ3) is 2.79. The van der Waals surface area contributed by atoms with Crippen LogP contribution in [-0.2, 0) is 6.42 Å². The smallest absolute Gasteiger partial charge is 0.0705 e. The van der Waals surface area contributed by atoms with Crippen molar-refractivity contribution in [1.82, 2.24) is 9.97 Å². The van der Waals surface area contributed by atoms with Gasteiger partial charge in [0.05, 0.1) is 22.3 Å². The van der Waals surface area contributed by atoms with Gasteiger partial charge in [-0.3, -0.25) is 9.97 Å². The SMILES string of the molecule is NC(Cc1ccc2cc(Cl)cnc2c1)c1ccccn1. The lowest BCUT2D eigenvalue weighted by Crippen LogP contribution is -2.14. The molecular formula is C16H14ClN3. The molecule has 0 aliphatic heterocycles. The maximum Gasteiger partial charge on any atom is 0.0705 e. The van der Waals surface area contributed by atoms with E-state index in [1.54, 1.807) is 12.4 Å². The van der Waals surface area contributed by atoms with Crippen LogP contribution in [0.4, 0.5) is 0 Å². The highest BCUT2D eigenvalue weighted by Gasteiger charge is 2.08. The Kier molecular flexibility index (Phi) is 3.63. The monoisotopic (exact) mass is 283 g/mol. The Bertz CT molecular complexity index is 728. The Labute approximate surface area is 122 Å². The van der Waals surface area contributed by atoms with Gasteiger partial charge in [-0.05, 0) is 36.2 Å². The largest absolute Gasteiger partial charge is 0.322 e. The summed E-state index contributed by atoms with van der Waals surface area (Å²) in [5.41, 5.74) is 9.17. The van der Waals surface area contributed by atoms with Crippen molar-refractivity contribution >= 4 is 22.5 Å². The molecule has 1 atom stereocenters. The van der Waals surface area contributed by atoms with Gasteiger partial charge in [0.1, 0.15) is 0 Å². The third-order valence-corrected chi connectivity index (χ3v) is 3.45. The zero-order valence-corrected chi connectivity index (χ0v) is 11.6. The molecule has 0 fully saturated rings. The normalized spacial score (nSPS) is 12.5. The van der Waals surface area contributed by atoms with E-state index in [-0.39, 0.29) is 6.04 Å². The van der Waals surface area contributed by atoms with Crippen molar-refractivity contribution in [3.8, 4) is 0 Å². The van der Waals surface area contributed by atoms with Crippen molar-refractivity contribution in [2.75, 3.05) is 0 Å². The lowest BCUT2D eigenvalue weighted by molar-refractivity contribution is 0.697. The molecular weight excluding hydrogens is 270 g/mol. The molecule has 2 heterocycles. The first-order valence-corrected chi connectivity index (χ1v) is 6.81. The third-order valence-electron chi connectivity index (χ3n) is 3.24. The summed E-state index contributed by atoms with van der Waals surface area (Å²) >= 11 is 5.93. The highest BCUT2D eigenvalue weighted by atomic mass is 35.5. The van der Waals surface area contributed by atoms with Crippen molar-refractivity contribution in [2.45, 2.75) is 12.5 Å². The average molecular weight is 284 g/mol. The van der Waals surface area contributed by atoms with E-state index in [1.165, 1.54) is 0 Å². The summed E-state index contributed by atoms with van der Waals surface area (Å²) in [5.74, 6) is 0. The number of pyridine rings is 2. The zero-order valence-electron chi connectivity index (χ0n) is 10.8. The van der Waals surface area contributed by atoms with Crippen LogP contribution < -0.4 is 5.73 Å². The molecule has 3 nitrogen and oxygen atoms in total. The van der Waals surface area contributed by atoms with E-state index in [0.29, 0.717) is 5.02 Å². The van der Waals surface area contributed by atoms with Crippen LogP contribution in [0, 0.1) is 0 Å². The molecule has 2 aromatic heterocycles. The second kappa shape index (κ2) is 5.57. The van der Waals surface area contributed by atoms with Crippen molar-refractivity contribution in [2.24, 2.45) is 5.73 Å². The molecule has 0 amide bonds. The number of hydrogen-bond donors (Lipinski definition) is 1. The predicted molar refractivity (Wildman–Crippen MR) is 81.6 cm³/mol. The summed E-state index contributed by atoms with van der Waals surface area (Å²) in [6.07, 6.45) is 4.16. The summed E-state index contributed by atoms with van der Waals surface area (Å²) in [4.78, 5) is 8.62. The number of benzene rings is 1. The van der Waals surface area contributed by atoms with Gasteiger partial charge < -0.3 is 5.73 Å². The van der Waals surface area contributed by atoms with E-state index in [2.05, 4.69) is 22.1 Å². The summed E-state index contributed by atoms with van der Waals surface area (Å²) in [5, 5.41) is 1.68. The van der Waals surface area contributed by atoms with E-state index in [9.17, 15) is 0 Å². The van der Waals surface area contributed by atoms with Gasteiger partial charge in [-0.2, -0.15) is 0 Å². The second-order valence-electron chi connectivity index (χ2n) is 4.75. The van der Waals surface area contributed by atoms with Gasteiger partial charge in [-0.25, -0.2) is 0 Å². The van der Waals surface area contributed by atoms with Crippen LogP contribution >= 0.6 is 11.6 Å². The fourth-order valence-corrected chi connectivity index (χ4v) is 2.39. The van der Waals surface area contributed by atoms with Crippen LogP contribution in [0.5, 0.6) is 0 Å². The number of aromatic nitrogens is 2. The van der Waals surface area contributed by atoms with Crippen LogP contribution in [-0.4, -0.2) is 9.97 Å². The quantitative estimate of drug-likeness (QED) is 0.800. The Morgan fingerprint density at radius 1 is 1.10 bits per heavy atom. The van der Waals surface area contributed by atoms with Gasteiger partial charge in [0.25, 0.3) is 0 Å². The van der Waals surface area contributed by atoms with E-state index in [4.69, 9.17) is 17.3 Å². The number of fused-ring (bicyclic) bond motifs is 1. The number of nitrogens with zero attached hydrogens (tertiary/aromatic N) is 2. The molecule has 0 saturated heterocycles. The number of rotatable bonds is 3. The Morgan fingerprint density at radius 3 is 2.80 bits per heavy atom. The molecule has 0 saturated carbocycles. The number of hydrogen-bond acceptors (Lipinski definition) is 3. The first-order chi connectivity index (χ1) is 9.72. The second-order valence-corrected chi connectivity index (χ2v) is 5.18. The summed E-state index contributed by atoms with van der Waals surface area (Å²) in [7, 11) is 0. The molecule has 2 N–H and O–H groups in total. The van der Waals surface area contributed by atoms with Crippen molar-refractivity contribution in [1.29, 1.82) is 0 Å². The standard InChI is InChI=1S/C16H14ClN3/c17-13-9-12-5-4-11(8-16(12)20-10-13)7-14(18)15-3-1-2-6-19-15/h1-6,8-10,14H,7,18H2. The molecule has 1 aromatic carbocycles. The van der Waals surface area contributed by atoms with Gasteiger partial charge in [-0.1, -0.05) is 29.8 Å². The minimum Gasteiger partial charge on any atom is -0.322 e. The molecule has 3 rings (SSSR count). The van der Waals surface area contributed by atoms with Gasteiger partial charge in [0.15, 0.2) is 0 Å². The highest BCUT2D eigenvalue weighted by Crippen LogP contribution is 2.20. The van der Waals surface area contributed by atoms with Gasteiger partial charge in [0.2, 0.25) is 0 Å². The van der Waals surface area contributed by atoms with E-state index < -0.39 is 0 Å². The number of halogens is 1. The summed E-state index contributed by atoms with van der Waals surface area (Å²) in [6.45, 7) is 0. The first kappa shape index (κ1) is 13.0. The minimum absolute atomic E-state index is 0.110. The van der Waals surface area contributed by atoms with Crippen molar-refractivity contribution in [3.05, 3.63) is 71.1 Å². The van der Waals surface area contributed by atoms with E-state index in [0.717, 1.165) is 28.6 Å². The maximum atomic E-state index is 6.19. The lowest BCUT2D eigenvalue weighted by Gasteiger charge is -2.11. The van der Waals surface area contributed by atoms with Crippen molar-refractivity contribution in [3.63, 3.8) is 0 Å².